The lowest BCUT2D eigenvalue weighted by Crippen LogP contribution is -2.45. The third-order valence-corrected chi connectivity index (χ3v) is 7.32. The van der Waals surface area contributed by atoms with E-state index in [9.17, 15) is 4.79 Å². The van der Waals surface area contributed by atoms with Gasteiger partial charge in [-0.15, -0.1) is 0 Å². The minimum absolute atomic E-state index is 0.113. The number of ketones is 1. The lowest BCUT2D eigenvalue weighted by atomic mass is 9.91. The Morgan fingerprint density at radius 2 is 1.61 bits per heavy atom. The fourth-order valence-electron chi connectivity index (χ4n) is 4.53. The van der Waals surface area contributed by atoms with Gasteiger partial charge in [-0.05, 0) is 88.8 Å². The van der Waals surface area contributed by atoms with Crippen LogP contribution in [0.5, 0.6) is 0 Å². The van der Waals surface area contributed by atoms with E-state index in [2.05, 4.69) is 54.0 Å². The summed E-state index contributed by atoms with van der Waals surface area (Å²) in [7, 11) is 3.89. The van der Waals surface area contributed by atoms with E-state index in [1.807, 2.05) is 58.0 Å². The standard InChI is InChI=1S/C31H38N2O3/c1-7-35-17-16-33-28-14-12-23(20-36-21-25-11-9-8-10-22(25)2)18-26(28)27-19-24(13-15-29(27)33)30(34)31(3,4)32(5)6/h8-15,18-19H,7,16-17,20-21H2,1-6H3. The number of aryl methyl sites for hydroxylation is 1. The summed E-state index contributed by atoms with van der Waals surface area (Å²) >= 11 is 0. The molecule has 1 aromatic heterocycles. The maximum atomic E-state index is 13.4. The molecule has 1 heterocycles. The van der Waals surface area contributed by atoms with Gasteiger partial charge in [0, 0.05) is 40.5 Å². The Kier molecular flexibility index (Phi) is 7.94. The molecule has 4 aromatic rings. The summed E-state index contributed by atoms with van der Waals surface area (Å²) in [5, 5.41) is 2.22. The minimum Gasteiger partial charge on any atom is -0.380 e. The second-order valence-corrected chi connectivity index (χ2v) is 10.1. The Morgan fingerprint density at radius 3 is 2.31 bits per heavy atom. The molecule has 190 valence electrons. The van der Waals surface area contributed by atoms with E-state index in [1.54, 1.807) is 0 Å². The first-order chi connectivity index (χ1) is 17.2. The van der Waals surface area contributed by atoms with E-state index in [4.69, 9.17) is 9.47 Å². The van der Waals surface area contributed by atoms with Crippen molar-refractivity contribution >= 4 is 27.6 Å². The molecule has 0 aliphatic heterocycles. The van der Waals surface area contributed by atoms with Crippen LogP contribution in [0.3, 0.4) is 0 Å². The van der Waals surface area contributed by atoms with E-state index < -0.39 is 5.54 Å². The van der Waals surface area contributed by atoms with Gasteiger partial charge >= 0.3 is 0 Å². The zero-order valence-electron chi connectivity index (χ0n) is 22.4. The van der Waals surface area contributed by atoms with E-state index in [1.165, 1.54) is 11.1 Å². The van der Waals surface area contributed by atoms with Gasteiger partial charge in [-0.3, -0.25) is 9.69 Å². The molecule has 0 saturated heterocycles. The number of ether oxygens (including phenoxy) is 2. The highest BCUT2D eigenvalue weighted by molar-refractivity contribution is 6.12. The topological polar surface area (TPSA) is 43.7 Å². The van der Waals surface area contributed by atoms with Crippen molar-refractivity contribution in [2.75, 3.05) is 27.3 Å². The Hall–Kier alpha value is -2.99. The molecule has 0 spiro atoms. The van der Waals surface area contributed by atoms with Gasteiger partial charge in [-0.25, -0.2) is 0 Å². The summed E-state index contributed by atoms with van der Waals surface area (Å²) in [6.07, 6.45) is 0. The van der Waals surface area contributed by atoms with Crippen LogP contribution in [0.2, 0.25) is 0 Å². The summed E-state index contributed by atoms with van der Waals surface area (Å²) in [5.41, 5.74) is 5.96. The van der Waals surface area contributed by atoms with Crippen molar-refractivity contribution in [2.45, 2.75) is 53.0 Å². The van der Waals surface area contributed by atoms with Gasteiger partial charge in [0.2, 0.25) is 0 Å². The average Bonchev–Trinajstić information content (AvgIpc) is 3.17. The second kappa shape index (κ2) is 11.0. The third kappa shape index (κ3) is 5.24. The van der Waals surface area contributed by atoms with Gasteiger partial charge in [0.05, 0.1) is 25.4 Å². The first-order valence-electron chi connectivity index (χ1n) is 12.7. The maximum Gasteiger partial charge on any atom is 0.182 e. The van der Waals surface area contributed by atoms with Crippen LogP contribution in [0.4, 0.5) is 0 Å². The van der Waals surface area contributed by atoms with E-state index in [0.29, 0.717) is 26.4 Å². The van der Waals surface area contributed by atoms with Crippen molar-refractivity contribution < 1.29 is 14.3 Å². The molecule has 0 N–H and O–H groups in total. The molecule has 3 aromatic carbocycles. The second-order valence-electron chi connectivity index (χ2n) is 10.1. The van der Waals surface area contributed by atoms with Gasteiger partial charge in [-0.2, -0.15) is 0 Å². The number of fused-ring (bicyclic) bond motifs is 3. The van der Waals surface area contributed by atoms with Crippen LogP contribution >= 0.6 is 0 Å². The van der Waals surface area contributed by atoms with Crippen LogP contribution in [0.25, 0.3) is 21.8 Å². The molecule has 0 fully saturated rings. The minimum atomic E-state index is -0.588. The first kappa shape index (κ1) is 26.1. The summed E-state index contributed by atoms with van der Waals surface area (Å²) in [6, 6.07) is 20.9. The highest BCUT2D eigenvalue weighted by atomic mass is 16.5. The normalized spacial score (nSPS) is 12.2. The first-order valence-corrected chi connectivity index (χ1v) is 12.7. The van der Waals surface area contributed by atoms with Crippen LogP contribution in [-0.4, -0.2) is 48.1 Å². The largest absolute Gasteiger partial charge is 0.380 e. The zero-order chi connectivity index (χ0) is 25.9. The Morgan fingerprint density at radius 1 is 0.917 bits per heavy atom. The zero-order valence-corrected chi connectivity index (χ0v) is 22.4. The fraction of sp³-hybridized carbons (Fsp3) is 0.387. The van der Waals surface area contributed by atoms with Crippen molar-refractivity contribution in [3.05, 3.63) is 82.9 Å². The van der Waals surface area contributed by atoms with E-state index >= 15 is 0 Å². The number of carbonyl (C=O) groups excluding carboxylic acids is 1. The number of likely N-dealkylation sites (N-methyl/N-ethyl adjacent to an activating group) is 1. The number of aromatic nitrogens is 1. The van der Waals surface area contributed by atoms with Crippen LogP contribution < -0.4 is 0 Å². The van der Waals surface area contributed by atoms with Crippen LogP contribution in [0.1, 0.15) is 47.8 Å². The molecule has 0 bridgehead atoms. The molecule has 0 radical (unpaired) electrons. The maximum absolute atomic E-state index is 13.4. The average molecular weight is 487 g/mol. The quantitative estimate of drug-likeness (QED) is 0.182. The number of hydrogen-bond acceptors (Lipinski definition) is 4. The summed E-state index contributed by atoms with van der Waals surface area (Å²) in [4.78, 5) is 15.4. The van der Waals surface area contributed by atoms with Gasteiger partial charge in [-0.1, -0.05) is 30.3 Å². The number of benzene rings is 3. The van der Waals surface area contributed by atoms with Crippen LogP contribution in [0, 0.1) is 6.92 Å². The summed E-state index contributed by atoms with van der Waals surface area (Å²) in [5.74, 6) is 0.113. The Bertz CT molecular complexity index is 1370. The molecule has 0 unspecified atom stereocenters. The van der Waals surface area contributed by atoms with E-state index in [0.717, 1.165) is 39.5 Å². The highest BCUT2D eigenvalue weighted by Crippen LogP contribution is 2.32. The number of carbonyl (C=O) groups is 1. The molecule has 0 amide bonds. The van der Waals surface area contributed by atoms with Gasteiger partial charge in [0.25, 0.3) is 0 Å². The predicted molar refractivity (Wildman–Crippen MR) is 148 cm³/mol. The molecule has 0 atom stereocenters. The smallest absolute Gasteiger partial charge is 0.182 e. The van der Waals surface area contributed by atoms with Gasteiger partial charge in [0.15, 0.2) is 5.78 Å². The van der Waals surface area contributed by atoms with Gasteiger partial charge in [0.1, 0.15) is 0 Å². The van der Waals surface area contributed by atoms with Crippen molar-refractivity contribution in [3.63, 3.8) is 0 Å². The molecule has 5 nitrogen and oxygen atoms in total. The lowest BCUT2D eigenvalue weighted by Gasteiger charge is -2.30. The number of hydrogen-bond donors (Lipinski definition) is 0. The molecule has 4 rings (SSSR count). The van der Waals surface area contributed by atoms with Crippen molar-refractivity contribution in [1.82, 2.24) is 9.47 Å². The molecular weight excluding hydrogens is 448 g/mol. The molecular formula is C31H38N2O3. The predicted octanol–water partition coefficient (Wildman–Crippen LogP) is 6.38. The molecule has 5 heteroatoms. The number of nitrogens with zero attached hydrogens (tertiary/aromatic N) is 2. The third-order valence-electron chi connectivity index (χ3n) is 7.32. The fourth-order valence-corrected chi connectivity index (χ4v) is 4.53. The number of Topliss-reactive ketones (excluding diaryl/α,β-unsaturated/α-hetero) is 1. The molecule has 36 heavy (non-hydrogen) atoms. The lowest BCUT2D eigenvalue weighted by molar-refractivity contribution is 0.0755. The summed E-state index contributed by atoms with van der Waals surface area (Å²) < 4.78 is 14.0. The molecule has 0 aliphatic rings. The van der Waals surface area contributed by atoms with Crippen molar-refractivity contribution in [3.8, 4) is 0 Å². The van der Waals surface area contributed by atoms with Crippen molar-refractivity contribution in [1.29, 1.82) is 0 Å². The highest BCUT2D eigenvalue weighted by Gasteiger charge is 2.31. The molecule has 0 saturated carbocycles. The van der Waals surface area contributed by atoms with Gasteiger partial charge < -0.3 is 14.0 Å². The van der Waals surface area contributed by atoms with Crippen LogP contribution in [0.15, 0.2) is 60.7 Å². The van der Waals surface area contributed by atoms with Crippen LogP contribution in [-0.2, 0) is 29.2 Å². The number of rotatable bonds is 11. The van der Waals surface area contributed by atoms with Crippen molar-refractivity contribution in [2.24, 2.45) is 0 Å². The Labute approximate surface area is 214 Å². The SMILES string of the molecule is CCOCCn1c2ccc(COCc3ccccc3C)cc2c2cc(C(=O)C(C)(C)N(C)C)ccc21. The van der Waals surface area contributed by atoms with E-state index in [-0.39, 0.29) is 5.78 Å². The Balaban J connectivity index is 1.71. The summed E-state index contributed by atoms with van der Waals surface area (Å²) in [6.45, 7) is 11.3. The monoisotopic (exact) mass is 486 g/mol. The molecule has 0 aliphatic carbocycles.